The molecule has 104 valence electrons. The molecule has 0 radical (unpaired) electrons. The van der Waals surface area contributed by atoms with E-state index in [1.54, 1.807) is 0 Å². The third-order valence-corrected chi connectivity index (χ3v) is 4.40. The van der Waals surface area contributed by atoms with Crippen LogP contribution in [0.1, 0.15) is 28.7 Å². The van der Waals surface area contributed by atoms with Crippen LogP contribution in [0.25, 0.3) is 5.53 Å². The summed E-state index contributed by atoms with van der Waals surface area (Å²) >= 11 is 0. The molecule has 0 atom stereocenters. The summed E-state index contributed by atoms with van der Waals surface area (Å²) in [5, 5.41) is 13.3. The number of fused-ring (bicyclic) bond motifs is 2. The molecule has 2 aromatic carbocycles. The van der Waals surface area contributed by atoms with Crippen LogP contribution in [0, 0.1) is 11.3 Å². The molecule has 0 heterocycles. The Morgan fingerprint density at radius 2 is 1.52 bits per heavy atom. The van der Waals surface area contributed by atoms with Gasteiger partial charge >= 0.3 is 0 Å². The van der Waals surface area contributed by atoms with E-state index in [9.17, 15) is 5.26 Å². The van der Waals surface area contributed by atoms with Gasteiger partial charge in [0.25, 0.3) is 0 Å². The van der Waals surface area contributed by atoms with Gasteiger partial charge in [-0.1, -0.05) is 48.5 Å². The van der Waals surface area contributed by atoms with Crippen molar-refractivity contribution in [3.8, 4) is 6.07 Å². The van der Waals surface area contributed by atoms with Crippen molar-refractivity contribution in [2.24, 2.45) is 5.11 Å². The molecular weight excluding hydrogens is 258 g/mol. The molecule has 0 unspecified atom stereocenters. The van der Waals surface area contributed by atoms with Crippen molar-refractivity contribution < 1.29 is 0 Å². The van der Waals surface area contributed by atoms with Gasteiger partial charge in [0, 0.05) is 6.54 Å². The summed E-state index contributed by atoms with van der Waals surface area (Å²) < 4.78 is 0. The van der Waals surface area contributed by atoms with Crippen molar-refractivity contribution >= 4 is 0 Å². The van der Waals surface area contributed by atoms with Crippen molar-refractivity contribution in [3.63, 3.8) is 0 Å². The molecule has 3 heteroatoms. The fourth-order valence-electron chi connectivity index (χ4n) is 3.39. The smallest absolute Gasteiger partial charge is 0.109 e. The van der Waals surface area contributed by atoms with E-state index in [1.807, 2.05) is 36.4 Å². The van der Waals surface area contributed by atoms with Crippen LogP contribution in [-0.2, 0) is 18.3 Å². The van der Waals surface area contributed by atoms with Crippen molar-refractivity contribution in [1.29, 1.82) is 5.26 Å². The lowest BCUT2D eigenvalue weighted by Gasteiger charge is -2.29. The lowest BCUT2D eigenvalue weighted by Crippen LogP contribution is -2.28. The second-order valence-electron chi connectivity index (χ2n) is 5.45. The molecule has 1 aliphatic rings. The number of benzene rings is 2. The molecule has 0 fully saturated rings. The van der Waals surface area contributed by atoms with E-state index < -0.39 is 5.41 Å². The second-order valence-corrected chi connectivity index (χ2v) is 5.45. The number of hydrogen-bond acceptors (Lipinski definition) is 2. The minimum absolute atomic E-state index is 0.260. The molecule has 0 saturated heterocycles. The SMILES string of the molecule is N#CC1(CCN=[N-])c2ccccc2CCc2ccccc21. The fraction of sp³-hybridized carbons (Fsp3) is 0.278. The van der Waals surface area contributed by atoms with Gasteiger partial charge in [-0.25, -0.2) is 0 Å². The highest BCUT2D eigenvalue weighted by atomic mass is 14.9. The highest BCUT2D eigenvalue weighted by Crippen LogP contribution is 2.41. The van der Waals surface area contributed by atoms with Gasteiger partial charge in [-0.2, -0.15) is 5.26 Å². The maximum atomic E-state index is 10.0. The number of rotatable bonds is 3. The Labute approximate surface area is 124 Å². The molecule has 0 saturated carbocycles. The Kier molecular flexibility index (Phi) is 3.53. The molecule has 0 bridgehead atoms. The zero-order chi connectivity index (χ0) is 14.7. The van der Waals surface area contributed by atoms with E-state index in [2.05, 4.69) is 23.3 Å². The van der Waals surface area contributed by atoms with Crippen molar-refractivity contribution in [2.75, 3.05) is 6.54 Å². The van der Waals surface area contributed by atoms with Gasteiger partial charge < -0.3 is 10.6 Å². The summed E-state index contributed by atoms with van der Waals surface area (Å²) in [4.78, 5) is 0. The van der Waals surface area contributed by atoms with Crippen molar-refractivity contribution in [1.82, 2.24) is 0 Å². The van der Waals surface area contributed by atoms with Gasteiger partial charge in [0.15, 0.2) is 0 Å². The first-order valence-corrected chi connectivity index (χ1v) is 7.21. The summed E-state index contributed by atoms with van der Waals surface area (Å²) in [5.41, 5.74) is 12.7. The molecule has 3 rings (SSSR count). The number of aryl methyl sites for hydroxylation is 2. The Morgan fingerprint density at radius 1 is 1.00 bits per heavy atom. The average molecular weight is 274 g/mol. The largest absolute Gasteiger partial charge is 0.712 e. The van der Waals surface area contributed by atoms with Crippen LogP contribution in [0.2, 0.25) is 0 Å². The quantitative estimate of drug-likeness (QED) is 0.780. The van der Waals surface area contributed by atoms with Crippen LogP contribution in [0.5, 0.6) is 0 Å². The molecular formula is C18H16N3-. The first-order valence-electron chi connectivity index (χ1n) is 7.21. The third-order valence-electron chi connectivity index (χ3n) is 4.40. The topological polar surface area (TPSA) is 58.5 Å². The van der Waals surface area contributed by atoms with E-state index in [0.29, 0.717) is 6.42 Å². The molecule has 21 heavy (non-hydrogen) atoms. The van der Waals surface area contributed by atoms with E-state index >= 15 is 0 Å². The normalized spacial score (nSPS) is 15.2. The lowest BCUT2D eigenvalue weighted by atomic mass is 9.71. The number of nitriles is 1. The van der Waals surface area contributed by atoms with Crippen molar-refractivity contribution in [3.05, 3.63) is 76.3 Å². The lowest BCUT2D eigenvalue weighted by molar-refractivity contribution is 0.598. The molecule has 0 N–H and O–H groups in total. The monoisotopic (exact) mass is 274 g/mol. The fourth-order valence-corrected chi connectivity index (χ4v) is 3.39. The average Bonchev–Trinajstić information content (AvgIpc) is 2.69. The highest BCUT2D eigenvalue weighted by Gasteiger charge is 2.38. The number of hydrogen-bond donors (Lipinski definition) is 0. The summed E-state index contributed by atoms with van der Waals surface area (Å²) in [6.45, 7) is 0.260. The Bertz CT molecular complexity index is 665. The van der Waals surface area contributed by atoms with E-state index in [-0.39, 0.29) is 6.54 Å². The first-order chi connectivity index (χ1) is 10.3. The van der Waals surface area contributed by atoms with Gasteiger partial charge in [-0.05, 0) is 41.5 Å². The zero-order valence-electron chi connectivity index (χ0n) is 11.8. The van der Waals surface area contributed by atoms with Crippen molar-refractivity contribution in [2.45, 2.75) is 24.7 Å². The van der Waals surface area contributed by atoms with Crippen LogP contribution < -0.4 is 0 Å². The third kappa shape index (κ3) is 2.13. The first kappa shape index (κ1) is 13.5. The summed E-state index contributed by atoms with van der Waals surface area (Å²) in [5.74, 6) is 0. The van der Waals surface area contributed by atoms with Gasteiger partial charge in [-0.15, -0.1) is 0 Å². The predicted molar refractivity (Wildman–Crippen MR) is 82.0 cm³/mol. The molecule has 0 aromatic heterocycles. The van der Waals surface area contributed by atoms with Gasteiger partial charge in [0.1, 0.15) is 5.41 Å². The Hall–Kier alpha value is -2.47. The van der Waals surface area contributed by atoms with E-state index in [1.165, 1.54) is 11.1 Å². The minimum atomic E-state index is -0.726. The molecule has 0 spiro atoms. The standard InChI is InChI=1S/C18H16N3/c19-13-18(11-12-21-20)16-7-3-1-5-14(16)9-10-15-6-2-4-8-17(15)18/h1-8H,9-12H2/q-1. The Balaban J connectivity index is 2.29. The molecule has 2 aromatic rings. The van der Waals surface area contributed by atoms with Crippen LogP contribution in [0.4, 0.5) is 0 Å². The summed E-state index contributed by atoms with van der Waals surface area (Å²) in [7, 11) is 0. The van der Waals surface area contributed by atoms with Crippen LogP contribution >= 0.6 is 0 Å². The van der Waals surface area contributed by atoms with E-state index in [4.69, 9.17) is 5.53 Å². The van der Waals surface area contributed by atoms with E-state index in [0.717, 1.165) is 24.0 Å². The minimum Gasteiger partial charge on any atom is -0.712 e. The molecule has 1 aliphatic carbocycles. The summed E-state index contributed by atoms with van der Waals surface area (Å²) in [6, 6.07) is 18.8. The van der Waals surface area contributed by atoms with Crippen LogP contribution in [-0.4, -0.2) is 6.54 Å². The highest BCUT2D eigenvalue weighted by molar-refractivity contribution is 5.54. The van der Waals surface area contributed by atoms with Crippen LogP contribution in [0.3, 0.4) is 0 Å². The van der Waals surface area contributed by atoms with Gasteiger partial charge in [-0.3, -0.25) is 0 Å². The maximum absolute atomic E-state index is 10.0. The predicted octanol–water partition coefficient (Wildman–Crippen LogP) is 4.01. The van der Waals surface area contributed by atoms with Crippen LogP contribution in [0.15, 0.2) is 53.6 Å². The number of nitrogens with zero attached hydrogens (tertiary/aromatic N) is 3. The zero-order valence-corrected chi connectivity index (χ0v) is 11.8. The van der Waals surface area contributed by atoms with Gasteiger partial charge in [0.05, 0.1) is 6.07 Å². The Morgan fingerprint density at radius 3 is 2.00 bits per heavy atom. The summed E-state index contributed by atoms with van der Waals surface area (Å²) in [6.07, 6.45) is 2.37. The molecule has 3 nitrogen and oxygen atoms in total. The maximum Gasteiger partial charge on any atom is 0.109 e. The molecule has 0 aliphatic heterocycles. The second kappa shape index (κ2) is 5.49. The molecule has 0 amide bonds. The van der Waals surface area contributed by atoms with Gasteiger partial charge in [0.2, 0.25) is 0 Å².